The lowest BCUT2D eigenvalue weighted by Gasteiger charge is -2.25. The van der Waals surface area contributed by atoms with Gasteiger partial charge < -0.3 is 20.5 Å². The van der Waals surface area contributed by atoms with Gasteiger partial charge in [0.25, 0.3) is 0 Å². The molecule has 118 valence electrons. The first-order valence-electron chi connectivity index (χ1n) is 6.66. The molecule has 0 aromatic heterocycles. The maximum absolute atomic E-state index is 11.8. The topological polar surface area (TPSA) is 105 Å². The molecule has 0 radical (unpaired) electrons. The molecule has 0 aromatic carbocycles. The Bertz CT molecular complexity index is 422. The predicted molar refractivity (Wildman–Crippen MR) is 75.2 cm³/mol. The van der Waals surface area contributed by atoms with E-state index in [1.165, 1.54) is 0 Å². The summed E-state index contributed by atoms with van der Waals surface area (Å²) in [4.78, 5) is 11.8. The SMILES string of the molecule is COCCC(C)(O)CNC(=O)CC1CS(=O)(=O)CCN1. The summed E-state index contributed by atoms with van der Waals surface area (Å²) in [6.45, 7) is 2.53. The van der Waals surface area contributed by atoms with Crippen LogP contribution < -0.4 is 10.6 Å². The average molecular weight is 308 g/mol. The molecule has 1 amide bonds. The van der Waals surface area contributed by atoms with Crippen LogP contribution in [-0.4, -0.2) is 69.4 Å². The summed E-state index contributed by atoms with van der Waals surface area (Å²) in [6.07, 6.45) is 0.513. The van der Waals surface area contributed by atoms with Crippen molar-refractivity contribution in [2.24, 2.45) is 0 Å². The Labute approximate surface area is 120 Å². The van der Waals surface area contributed by atoms with Gasteiger partial charge in [0.1, 0.15) is 0 Å². The van der Waals surface area contributed by atoms with Crippen molar-refractivity contribution in [1.29, 1.82) is 0 Å². The number of carbonyl (C=O) groups excluding carboxylic acids is 1. The molecule has 2 atom stereocenters. The molecule has 1 fully saturated rings. The molecule has 0 aromatic rings. The highest BCUT2D eigenvalue weighted by atomic mass is 32.2. The third-order valence-corrected chi connectivity index (χ3v) is 4.98. The molecule has 0 bridgehead atoms. The summed E-state index contributed by atoms with van der Waals surface area (Å²) in [5.41, 5.74) is -1.03. The molecule has 1 rings (SSSR count). The monoisotopic (exact) mass is 308 g/mol. The number of nitrogens with one attached hydrogen (secondary N) is 2. The zero-order chi connectivity index (χ0) is 15.2. The highest BCUT2D eigenvalue weighted by molar-refractivity contribution is 7.91. The van der Waals surface area contributed by atoms with Crippen molar-refractivity contribution in [2.45, 2.75) is 31.4 Å². The minimum atomic E-state index is -3.04. The van der Waals surface area contributed by atoms with Crippen LogP contribution in [0.5, 0.6) is 0 Å². The van der Waals surface area contributed by atoms with Crippen molar-refractivity contribution in [2.75, 3.05) is 38.3 Å². The van der Waals surface area contributed by atoms with Crippen molar-refractivity contribution >= 4 is 15.7 Å². The normalized spacial score (nSPS) is 24.9. The highest BCUT2D eigenvalue weighted by Crippen LogP contribution is 2.08. The first-order chi connectivity index (χ1) is 9.24. The molecular formula is C12H24N2O5S. The number of methoxy groups -OCH3 is 1. The molecule has 1 aliphatic rings. The first kappa shape index (κ1) is 17.4. The highest BCUT2D eigenvalue weighted by Gasteiger charge is 2.27. The molecule has 1 aliphatic heterocycles. The molecular weight excluding hydrogens is 284 g/mol. The van der Waals surface area contributed by atoms with Gasteiger partial charge in [0.05, 0.1) is 17.1 Å². The number of aliphatic hydroxyl groups is 1. The lowest BCUT2D eigenvalue weighted by Crippen LogP contribution is -2.48. The summed E-state index contributed by atoms with van der Waals surface area (Å²) in [7, 11) is -1.50. The van der Waals surface area contributed by atoms with Gasteiger partial charge in [-0.1, -0.05) is 0 Å². The zero-order valence-electron chi connectivity index (χ0n) is 12.0. The molecule has 2 unspecified atom stereocenters. The second kappa shape index (κ2) is 7.35. The molecule has 0 aliphatic carbocycles. The fourth-order valence-electron chi connectivity index (χ4n) is 1.99. The van der Waals surface area contributed by atoms with Gasteiger partial charge in [0.2, 0.25) is 5.91 Å². The van der Waals surface area contributed by atoms with Crippen LogP contribution in [0, 0.1) is 0 Å². The van der Waals surface area contributed by atoms with Crippen molar-refractivity contribution in [1.82, 2.24) is 10.6 Å². The number of carbonyl (C=O) groups is 1. The standard InChI is InChI=1S/C12H24N2O5S/c1-12(16,3-5-19-2)9-14-11(15)7-10-8-20(17,18)6-4-13-10/h10,13,16H,3-9H2,1-2H3,(H,14,15). The molecule has 0 spiro atoms. The number of hydrogen-bond acceptors (Lipinski definition) is 6. The third kappa shape index (κ3) is 6.65. The molecule has 3 N–H and O–H groups in total. The Hall–Kier alpha value is -0.700. The zero-order valence-corrected chi connectivity index (χ0v) is 12.8. The van der Waals surface area contributed by atoms with Crippen LogP contribution in [-0.2, 0) is 19.4 Å². The minimum absolute atomic E-state index is 0.0134. The molecule has 20 heavy (non-hydrogen) atoms. The predicted octanol–water partition coefficient (Wildman–Crippen LogP) is -1.33. The fraction of sp³-hybridized carbons (Fsp3) is 0.917. The maximum atomic E-state index is 11.8. The maximum Gasteiger partial charge on any atom is 0.221 e. The Morgan fingerprint density at radius 1 is 1.55 bits per heavy atom. The van der Waals surface area contributed by atoms with Gasteiger partial charge >= 0.3 is 0 Å². The lowest BCUT2D eigenvalue weighted by molar-refractivity contribution is -0.122. The van der Waals surface area contributed by atoms with Gasteiger partial charge in [-0.3, -0.25) is 4.79 Å². The van der Waals surface area contributed by atoms with E-state index < -0.39 is 15.4 Å². The Morgan fingerprint density at radius 3 is 2.85 bits per heavy atom. The van der Waals surface area contributed by atoms with Gasteiger partial charge in [-0.25, -0.2) is 8.42 Å². The van der Waals surface area contributed by atoms with Crippen LogP contribution in [0.1, 0.15) is 19.8 Å². The Balaban J connectivity index is 2.33. The minimum Gasteiger partial charge on any atom is -0.388 e. The molecule has 1 heterocycles. The number of hydrogen-bond donors (Lipinski definition) is 3. The summed E-state index contributed by atoms with van der Waals surface area (Å²) in [5.74, 6) is -0.158. The third-order valence-electron chi connectivity index (χ3n) is 3.24. The van der Waals surface area contributed by atoms with Gasteiger partial charge in [-0.15, -0.1) is 0 Å². The second-order valence-electron chi connectivity index (χ2n) is 5.49. The van der Waals surface area contributed by atoms with Gasteiger partial charge in [0.15, 0.2) is 9.84 Å². The lowest BCUT2D eigenvalue weighted by atomic mass is 10.0. The number of amides is 1. The number of ether oxygens (including phenoxy) is 1. The molecule has 7 nitrogen and oxygen atoms in total. The summed E-state index contributed by atoms with van der Waals surface area (Å²) >= 11 is 0. The first-order valence-corrected chi connectivity index (χ1v) is 8.48. The summed E-state index contributed by atoms with van der Waals surface area (Å²) < 4.78 is 27.8. The Kier molecular flexibility index (Phi) is 6.38. The van der Waals surface area contributed by atoms with E-state index in [1.807, 2.05) is 0 Å². The van der Waals surface area contributed by atoms with Crippen LogP contribution in [0.25, 0.3) is 0 Å². The van der Waals surface area contributed by atoms with Crippen LogP contribution in [0.3, 0.4) is 0 Å². The van der Waals surface area contributed by atoms with Crippen molar-refractivity contribution in [3.8, 4) is 0 Å². The number of rotatable bonds is 7. The van der Waals surface area contributed by atoms with E-state index in [0.29, 0.717) is 19.6 Å². The van der Waals surface area contributed by atoms with E-state index >= 15 is 0 Å². The fourth-order valence-corrected chi connectivity index (χ4v) is 3.44. The van der Waals surface area contributed by atoms with Crippen LogP contribution in [0.15, 0.2) is 0 Å². The van der Waals surface area contributed by atoms with Crippen LogP contribution >= 0.6 is 0 Å². The van der Waals surface area contributed by atoms with Crippen molar-refractivity contribution < 1.29 is 23.1 Å². The van der Waals surface area contributed by atoms with Gasteiger partial charge in [-0.2, -0.15) is 0 Å². The number of sulfone groups is 1. The average Bonchev–Trinajstić information content (AvgIpc) is 2.33. The Morgan fingerprint density at radius 2 is 2.25 bits per heavy atom. The van der Waals surface area contributed by atoms with Crippen molar-refractivity contribution in [3.05, 3.63) is 0 Å². The summed E-state index contributed by atoms with van der Waals surface area (Å²) in [6, 6.07) is -0.349. The van der Waals surface area contributed by atoms with E-state index in [2.05, 4.69) is 10.6 Å². The van der Waals surface area contributed by atoms with E-state index in [4.69, 9.17) is 4.74 Å². The van der Waals surface area contributed by atoms with Crippen LogP contribution in [0.2, 0.25) is 0 Å². The van der Waals surface area contributed by atoms with Crippen molar-refractivity contribution in [3.63, 3.8) is 0 Å². The molecule has 8 heteroatoms. The van der Waals surface area contributed by atoms with Gasteiger partial charge in [0, 0.05) is 45.7 Å². The van der Waals surface area contributed by atoms with E-state index in [1.54, 1.807) is 14.0 Å². The second-order valence-corrected chi connectivity index (χ2v) is 7.71. The largest absolute Gasteiger partial charge is 0.388 e. The smallest absolute Gasteiger partial charge is 0.221 e. The van der Waals surface area contributed by atoms with Crippen LogP contribution in [0.4, 0.5) is 0 Å². The summed E-state index contributed by atoms with van der Waals surface area (Å²) in [5, 5.41) is 15.6. The molecule has 0 saturated carbocycles. The van der Waals surface area contributed by atoms with E-state index in [-0.39, 0.29) is 36.4 Å². The van der Waals surface area contributed by atoms with E-state index in [0.717, 1.165) is 0 Å². The van der Waals surface area contributed by atoms with Gasteiger partial charge in [-0.05, 0) is 6.92 Å². The molecule has 1 saturated heterocycles. The quantitative estimate of drug-likeness (QED) is 0.538. The van der Waals surface area contributed by atoms with E-state index in [9.17, 15) is 18.3 Å².